The van der Waals surface area contributed by atoms with Gasteiger partial charge < -0.3 is 19.5 Å². The number of carbonyl (C=O) groups is 1. The molecule has 1 aliphatic rings. The SMILES string of the molecule is CC(C)COc1ccc(CC(=O)N2CCCN(c3nc4ccccc4[nH]3)CC2)cc1. The zero-order valence-corrected chi connectivity index (χ0v) is 17.8. The number of amides is 1. The highest BCUT2D eigenvalue weighted by atomic mass is 16.5. The van der Waals surface area contributed by atoms with Crippen LogP contribution in [0, 0.1) is 5.92 Å². The lowest BCUT2D eigenvalue weighted by molar-refractivity contribution is -0.130. The molecule has 1 N–H and O–H groups in total. The van der Waals surface area contributed by atoms with Crippen LogP contribution in [-0.4, -0.2) is 53.6 Å². The molecule has 1 amide bonds. The third-order valence-corrected chi connectivity index (χ3v) is 5.39. The van der Waals surface area contributed by atoms with Crippen LogP contribution >= 0.6 is 0 Å². The molecule has 1 fully saturated rings. The summed E-state index contributed by atoms with van der Waals surface area (Å²) in [5, 5.41) is 0. The Kier molecular flexibility index (Phi) is 6.21. The van der Waals surface area contributed by atoms with E-state index in [1.54, 1.807) is 0 Å². The van der Waals surface area contributed by atoms with Crippen LogP contribution in [0.2, 0.25) is 0 Å². The molecule has 2 aromatic carbocycles. The highest BCUT2D eigenvalue weighted by Gasteiger charge is 2.21. The van der Waals surface area contributed by atoms with E-state index in [1.165, 1.54) is 0 Å². The van der Waals surface area contributed by atoms with Crippen LogP contribution in [-0.2, 0) is 11.2 Å². The molecule has 0 saturated carbocycles. The Morgan fingerprint density at radius 2 is 1.87 bits per heavy atom. The van der Waals surface area contributed by atoms with Gasteiger partial charge in [0.1, 0.15) is 5.75 Å². The largest absolute Gasteiger partial charge is 0.493 e. The number of benzene rings is 2. The zero-order valence-electron chi connectivity index (χ0n) is 17.8. The lowest BCUT2D eigenvalue weighted by Gasteiger charge is -2.22. The lowest BCUT2D eigenvalue weighted by atomic mass is 10.1. The fraction of sp³-hybridized carbons (Fsp3) is 0.417. The molecule has 1 aliphatic heterocycles. The number of aromatic nitrogens is 2. The first-order valence-electron chi connectivity index (χ1n) is 10.8. The Morgan fingerprint density at radius 3 is 2.63 bits per heavy atom. The van der Waals surface area contributed by atoms with Gasteiger partial charge in [0.25, 0.3) is 0 Å². The monoisotopic (exact) mass is 406 g/mol. The standard InChI is InChI=1S/C24H30N4O2/c1-18(2)17-30-20-10-8-19(9-11-20)16-23(29)27-12-5-13-28(15-14-27)24-25-21-6-3-4-7-22(21)26-24/h3-4,6-11,18H,5,12-17H2,1-2H3,(H,25,26). The summed E-state index contributed by atoms with van der Waals surface area (Å²) in [7, 11) is 0. The topological polar surface area (TPSA) is 61.5 Å². The molecule has 0 aliphatic carbocycles. The molecule has 6 nitrogen and oxygen atoms in total. The molecule has 2 heterocycles. The number of ether oxygens (including phenoxy) is 1. The second-order valence-electron chi connectivity index (χ2n) is 8.32. The molecule has 0 bridgehead atoms. The number of para-hydroxylation sites is 2. The predicted molar refractivity (Wildman–Crippen MR) is 120 cm³/mol. The number of aromatic amines is 1. The second kappa shape index (κ2) is 9.20. The fourth-order valence-corrected chi connectivity index (χ4v) is 3.72. The van der Waals surface area contributed by atoms with Crippen molar-refractivity contribution in [1.29, 1.82) is 0 Å². The van der Waals surface area contributed by atoms with Gasteiger partial charge >= 0.3 is 0 Å². The van der Waals surface area contributed by atoms with E-state index in [4.69, 9.17) is 9.72 Å². The Balaban J connectivity index is 1.33. The summed E-state index contributed by atoms with van der Waals surface area (Å²) in [5.74, 6) is 2.42. The number of imidazole rings is 1. The van der Waals surface area contributed by atoms with Gasteiger partial charge in [0.2, 0.25) is 11.9 Å². The van der Waals surface area contributed by atoms with Crippen LogP contribution in [0.15, 0.2) is 48.5 Å². The average Bonchev–Trinajstić information content (AvgIpc) is 3.02. The van der Waals surface area contributed by atoms with Gasteiger partial charge in [-0.3, -0.25) is 4.79 Å². The molecule has 30 heavy (non-hydrogen) atoms. The number of hydrogen-bond acceptors (Lipinski definition) is 4. The summed E-state index contributed by atoms with van der Waals surface area (Å²) in [4.78, 5) is 25.2. The van der Waals surface area contributed by atoms with Gasteiger partial charge in [-0.15, -0.1) is 0 Å². The van der Waals surface area contributed by atoms with Crippen molar-refractivity contribution in [3.8, 4) is 5.75 Å². The zero-order chi connectivity index (χ0) is 20.9. The second-order valence-corrected chi connectivity index (χ2v) is 8.32. The van der Waals surface area contributed by atoms with Gasteiger partial charge in [-0.1, -0.05) is 38.1 Å². The number of nitrogens with zero attached hydrogens (tertiary/aromatic N) is 3. The molecule has 4 rings (SSSR count). The highest BCUT2D eigenvalue weighted by Crippen LogP contribution is 2.19. The first-order chi connectivity index (χ1) is 14.6. The van der Waals surface area contributed by atoms with E-state index in [0.29, 0.717) is 25.5 Å². The van der Waals surface area contributed by atoms with Gasteiger partial charge in [-0.25, -0.2) is 4.98 Å². The number of rotatable bonds is 6. The van der Waals surface area contributed by atoms with Crippen LogP contribution in [0.1, 0.15) is 25.8 Å². The van der Waals surface area contributed by atoms with Crippen molar-refractivity contribution >= 4 is 22.9 Å². The van der Waals surface area contributed by atoms with E-state index < -0.39 is 0 Å². The van der Waals surface area contributed by atoms with Gasteiger partial charge in [-0.2, -0.15) is 0 Å². The van der Waals surface area contributed by atoms with E-state index >= 15 is 0 Å². The minimum atomic E-state index is 0.178. The van der Waals surface area contributed by atoms with E-state index in [2.05, 4.69) is 23.7 Å². The molecule has 3 aromatic rings. The smallest absolute Gasteiger partial charge is 0.227 e. The van der Waals surface area contributed by atoms with E-state index in [9.17, 15) is 4.79 Å². The summed E-state index contributed by atoms with van der Waals surface area (Å²) in [6.45, 7) is 8.14. The van der Waals surface area contributed by atoms with Crippen molar-refractivity contribution in [2.24, 2.45) is 5.92 Å². The number of hydrogen-bond donors (Lipinski definition) is 1. The average molecular weight is 407 g/mol. The van der Waals surface area contributed by atoms with Crippen LogP contribution < -0.4 is 9.64 Å². The van der Waals surface area contributed by atoms with Crippen molar-refractivity contribution in [2.75, 3.05) is 37.7 Å². The van der Waals surface area contributed by atoms with Crippen LogP contribution in [0.3, 0.4) is 0 Å². The highest BCUT2D eigenvalue weighted by molar-refractivity contribution is 5.79. The summed E-state index contributed by atoms with van der Waals surface area (Å²) < 4.78 is 5.73. The van der Waals surface area contributed by atoms with Gasteiger partial charge in [0, 0.05) is 26.2 Å². The molecule has 158 valence electrons. The third-order valence-electron chi connectivity index (χ3n) is 5.39. The molecular weight excluding hydrogens is 376 g/mol. The maximum atomic E-state index is 12.9. The third kappa shape index (κ3) is 4.93. The van der Waals surface area contributed by atoms with Crippen molar-refractivity contribution in [3.05, 3.63) is 54.1 Å². The van der Waals surface area contributed by atoms with E-state index in [-0.39, 0.29) is 5.91 Å². The molecule has 0 spiro atoms. The maximum Gasteiger partial charge on any atom is 0.227 e. The Labute approximate surface area is 177 Å². The van der Waals surface area contributed by atoms with Crippen molar-refractivity contribution in [2.45, 2.75) is 26.7 Å². The van der Waals surface area contributed by atoms with Crippen LogP contribution in [0.5, 0.6) is 5.75 Å². The molecule has 1 saturated heterocycles. The predicted octanol–water partition coefficient (Wildman–Crippen LogP) is 3.88. The minimum Gasteiger partial charge on any atom is -0.493 e. The van der Waals surface area contributed by atoms with Gasteiger partial charge in [0.05, 0.1) is 24.1 Å². The fourth-order valence-electron chi connectivity index (χ4n) is 3.72. The molecule has 0 atom stereocenters. The molecule has 1 aromatic heterocycles. The quantitative estimate of drug-likeness (QED) is 0.675. The summed E-state index contributed by atoms with van der Waals surface area (Å²) in [5.41, 5.74) is 3.05. The van der Waals surface area contributed by atoms with Crippen molar-refractivity contribution < 1.29 is 9.53 Å². The first-order valence-corrected chi connectivity index (χ1v) is 10.8. The van der Waals surface area contributed by atoms with Crippen LogP contribution in [0.25, 0.3) is 11.0 Å². The lowest BCUT2D eigenvalue weighted by Crippen LogP contribution is -2.36. The minimum absolute atomic E-state index is 0.178. The number of H-pyrrole nitrogens is 1. The molecule has 0 unspecified atom stereocenters. The molecular formula is C24H30N4O2. The number of fused-ring (bicyclic) bond motifs is 1. The van der Waals surface area contributed by atoms with Crippen molar-refractivity contribution in [3.63, 3.8) is 0 Å². The maximum absolute atomic E-state index is 12.9. The van der Waals surface area contributed by atoms with Gasteiger partial charge in [0.15, 0.2) is 0 Å². The number of nitrogens with one attached hydrogen (secondary N) is 1. The Morgan fingerprint density at radius 1 is 1.07 bits per heavy atom. The Hall–Kier alpha value is -3.02. The van der Waals surface area contributed by atoms with Gasteiger partial charge in [-0.05, 0) is 42.2 Å². The summed E-state index contributed by atoms with van der Waals surface area (Å²) >= 11 is 0. The number of anilines is 1. The van der Waals surface area contributed by atoms with Crippen LogP contribution in [0.4, 0.5) is 5.95 Å². The molecule has 0 radical (unpaired) electrons. The van der Waals surface area contributed by atoms with Crippen molar-refractivity contribution in [1.82, 2.24) is 14.9 Å². The number of carbonyl (C=O) groups excluding carboxylic acids is 1. The van der Waals surface area contributed by atoms with E-state index in [1.807, 2.05) is 53.4 Å². The summed E-state index contributed by atoms with van der Waals surface area (Å²) in [6.07, 6.45) is 1.36. The van der Waals surface area contributed by atoms with E-state index in [0.717, 1.165) is 54.3 Å². The first kappa shape index (κ1) is 20.3. The Bertz CT molecular complexity index is 947. The molecule has 6 heteroatoms. The normalized spacial score (nSPS) is 14.9. The summed E-state index contributed by atoms with van der Waals surface area (Å²) in [6, 6.07) is 16.0.